The summed E-state index contributed by atoms with van der Waals surface area (Å²) in [6, 6.07) is 18.2. The first-order chi connectivity index (χ1) is 12.6. The van der Waals surface area contributed by atoms with E-state index in [9.17, 15) is 4.79 Å². The minimum atomic E-state index is -0.538. The Hall–Kier alpha value is -2.33. The van der Waals surface area contributed by atoms with Gasteiger partial charge in [-0.2, -0.15) is 0 Å². The van der Waals surface area contributed by atoms with Crippen molar-refractivity contribution in [1.29, 1.82) is 0 Å². The summed E-state index contributed by atoms with van der Waals surface area (Å²) in [5, 5.41) is 3.11. The van der Waals surface area contributed by atoms with Gasteiger partial charge in [-0.1, -0.05) is 48.5 Å². The maximum atomic E-state index is 12.6. The standard InChI is InChI=1S/C22H27NO3/c1-17-8-6-7-11-20(17)26-18(2)21(24)23-16-22(12-14-25-15-13-22)19-9-4-3-5-10-19/h3-11,18H,12-16H2,1-2H3,(H,23,24)/t18-/m1/s1. The van der Waals surface area contributed by atoms with Crippen molar-refractivity contribution < 1.29 is 14.3 Å². The third kappa shape index (κ3) is 4.25. The van der Waals surface area contributed by atoms with Gasteiger partial charge in [0.05, 0.1) is 0 Å². The van der Waals surface area contributed by atoms with Crippen LogP contribution in [0.25, 0.3) is 0 Å². The van der Waals surface area contributed by atoms with Crippen molar-refractivity contribution in [2.75, 3.05) is 19.8 Å². The third-order valence-corrected chi connectivity index (χ3v) is 5.20. The lowest BCUT2D eigenvalue weighted by atomic mass is 9.74. The molecule has 0 aliphatic carbocycles. The number of para-hydroxylation sites is 1. The Labute approximate surface area is 155 Å². The van der Waals surface area contributed by atoms with E-state index in [0.717, 1.165) is 37.4 Å². The fraction of sp³-hybridized carbons (Fsp3) is 0.409. The van der Waals surface area contributed by atoms with Crippen molar-refractivity contribution >= 4 is 5.91 Å². The van der Waals surface area contributed by atoms with Crippen molar-refractivity contribution in [2.24, 2.45) is 0 Å². The second-order valence-corrected chi connectivity index (χ2v) is 7.00. The van der Waals surface area contributed by atoms with Gasteiger partial charge in [0.1, 0.15) is 5.75 Å². The fourth-order valence-electron chi connectivity index (χ4n) is 3.45. The van der Waals surface area contributed by atoms with Crippen LogP contribution in [0.3, 0.4) is 0 Å². The molecule has 1 atom stereocenters. The summed E-state index contributed by atoms with van der Waals surface area (Å²) in [5.41, 5.74) is 2.21. The van der Waals surface area contributed by atoms with Crippen LogP contribution < -0.4 is 10.1 Å². The second kappa shape index (κ2) is 8.37. The van der Waals surface area contributed by atoms with Crippen molar-refractivity contribution in [3.05, 3.63) is 65.7 Å². The summed E-state index contributed by atoms with van der Waals surface area (Å²) < 4.78 is 11.4. The molecule has 0 saturated carbocycles. The maximum absolute atomic E-state index is 12.6. The molecule has 26 heavy (non-hydrogen) atoms. The molecule has 0 radical (unpaired) electrons. The molecule has 2 aromatic carbocycles. The van der Waals surface area contributed by atoms with E-state index in [4.69, 9.17) is 9.47 Å². The summed E-state index contributed by atoms with van der Waals surface area (Å²) in [6.07, 6.45) is 1.28. The topological polar surface area (TPSA) is 47.6 Å². The molecule has 1 aliphatic heterocycles. The molecule has 0 aromatic heterocycles. The molecule has 0 bridgehead atoms. The first-order valence-corrected chi connectivity index (χ1v) is 9.24. The Bertz CT molecular complexity index is 723. The van der Waals surface area contributed by atoms with Crippen molar-refractivity contribution in [3.8, 4) is 5.75 Å². The monoisotopic (exact) mass is 353 g/mol. The zero-order valence-corrected chi connectivity index (χ0v) is 15.5. The smallest absolute Gasteiger partial charge is 0.260 e. The van der Waals surface area contributed by atoms with E-state index in [1.54, 1.807) is 6.92 Å². The Morgan fingerprint density at radius 3 is 2.46 bits per heavy atom. The minimum Gasteiger partial charge on any atom is -0.481 e. The number of amides is 1. The van der Waals surface area contributed by atoms with Gasteiger partial charge in [-0.3, -0.25) is 4.79 Å². The molecule has 0 unspecified atom stereocenters. The van der Waals surface area contributed by atoms with Crippen LogP contribution in [0.4, 0.5) is 0 Å². The Morgan fingerprint density at radius 2 is 1.77 bits per heavy atom. The van der Waals surface area contributed by atoms with E-state index in [1.807, 2.05) is 37.3 Å². The quantitative estimate of drug-likeness (QED) is 0.863. The zero-order chi connectivity index (χ0) is 18.4. The molecule has 1 saturated heterocycles. The molecule has 0 spiro atoms. The van der Waals surface area contributed by atoms with Gasteiger partial charge in [-0.25, -0.2) is 0 Å². The predicted octanol–water partition coefficient (Wildman–Crippen LogP) is 3.63. The number of benzene rings is 2. The summed E-state index contributed by atoms with van der Waals surface area (Å²) in [7, 11) is 0. The van der Waals surface area contributed by atoms with E-state index in [0.29, 0.717) is 6.54 Å². The number of nitrogens with one attached hydrogen (secondary N) is 1. The molecule has 1 N–H and O–H groups in total. The third-order valence-electron chi connectivity index (χ3n) is 5.20. The molecule has 138 valence electrons. The highest BCUT2D eigenvalue weighted by atomic mass is 16.5. The van der Waals surface area contributed by atoms with Gasteiger partial charge in [-0.15, -0.1) is 0 Å². The molecular weight excluding hydrogens is 326 g/mol. The number of ether oxygens (including phenoxy) is 2. The molecule has 1 aliphatic rings. The van der Waals surface area contributed by atoms with Gasteiger partial charge < -0.3 is 14.8 Å². The van der Waals surface area contributed by atoms with Crippen LogP contribution in [0.15, 0.2) is 54.6 Å². The van der Waals surface area contributed by atoms with Crippen LogP contribution in [-0.2, 0) is 14.9 Å². The first-order valence-electron chi connectivity index (χ1n) is 9.24. The molecule has 1 amide bonds. The molecule has 4 heteroatoms. The number of aryl methyl sites for hydroxylation is 1. The summed E-state index contributed by atoms with van der Waals surface area (Å²) >= 11 is 0. The van der Waals surface area contributed by atoms with E-state index >= 15 is 0 Å². The van der Waals surface area contributed by atoms with E-state index < -0.39 is 6.10 Å². The minimum absolute atomic E-state index is 0.0719. The van der Waals surface area contributed by atoms with Gasteiger partial charge >= 0.3 is 0 Å². The lowest BCUT2D eigenvalue weighted by Crippen LogP contribution is -2.47. The lowest BCUT2D eigenvalue weighted by molar-refractivity contribution is -0.127. The van der Waals surface area contributed by atoms with Gasteiger partial charge in [0, 0.05) is 25.2 Å². The van der Waals surface area contributed by atoms with Gasteiger partial charge in [-0.05, 0) is 43.9 Å². The largest absolute Gasteiger partial charge is 0.481 e. The number of hydrogen-bond acceptors (Lipinski definition) is 3. The molecular formula is C22H27NO3. The Balaban J connectivity index is 1.65. The van der Waals surface area contributed by atoms with Gasteiger partial charge in [0.2, 0.25) is 0 Å². The fourth-order valence-corrected chi connectivity index (χ4v) is 3.45. The second-order valence-electron chi connectivity index (χ2n) is 7.00. The number of carbonyl (C=O) groups is 1. The number of carbonyl (C=O) groups excluding carboxylic acids is 1. The predicted molar refractivity (Wildman–Crippen MR) is 102 cm³/mol. The van der Waals surface area contributed by atoms with Crippen LogP contribution in [0, 0.1) is 6.92 Å². The highest BCUT2D eigenvalue weighted by Gasteiger charge is 2.35. The van der Waals surface area contributed by atoms with E-state index in [1.165, 1.54) is 5.56 Å². The van der Waals surface area contributed by atoms with Crippen LogP contribution in [0.1, 0.15) is 30.9 Å². The van der Waals surface area contributed by atoms with Crippen LogP contribution >= 0.6 is 0 Å². The SMILES string of the molecule is Cc1ccccc1O[C@H](C)C(=O)NCC1(c2ccccc2)CCOCC1. The van der Waals surface area contributed by atoms with Crippen LogP contribution in [0.2, 0.25) is 0 Å². The summed E-state index contributed by atoms with van der Waals surface area (Å²) in [6.45, 7) is 5.81. The molecule has 2 aromatic rings. The average molecular weight is 353 g/mol. The van der Waals surface area contributed by atoms with Crippen molar-refractivity contribution in [2.45, 2.75) is 38.2 Å². The number of rotatable bonds is 6. The van der Waals surface area contributed by atoms with Gasteiger partial charge in [0.15, 0.2) is 6.10 Å². The highest BCUT2D eigenvalue weighted by Crippen LogP contribution is 2.34. The molecule has 4 nitrogen and oxygen atoms in total. The van der Waals surface area contributed by atoms with Gasteiger partial charge in [0.25, 0.3) is 5.91 Å². The molecule has 1 heterocycles. The molecule has 3 rings (SSSR count). The Morgan fingerprint density at radius 1 is 1.12 bits per heavy atom. The lowest BCUT2D eigenvalue weighted by Gasteiger charge is -2.38. The highest BCUT2D eigenvalue weighted by molar-refractivity contribution is 5.80. The Kier molecular flexibility index (Phi) is 5.94. The van der Waals surface area contributed by atoms with Crippen LogP contribution in [0.5, 0.6) is 5.75 Å². The summed E-state index contributed by atoms with van der Waals surface area (Å²) in [4.78, 5) is 12.6. The molecule has 1 fully saturated rings. The number of hydrogen-bond donors (Lipinski definition) is 1. The first kappa shape index (κ1) is 18.5. The summed E-state index contributed by atoms with van der Waals surface area (Å²) in [5.74, 6) is 0.661. The van der Waals surface area contributed by atoms with E-state index in [2.05, 4.69) is 29.6 Å². The zero-order valence-electron chi connectivity index (χ0n) is 15.5. The normalized spacial score (nSPS) is 17.3. The van der Waals surface area contributed by atoms with Crippen LogP contribution in [-0.4, -0.2) is 31.8 Å². The van der Waals surface area contributed by atoms with Crippen molar-refractivity contribution in [3.63, 3.8) is 0 Å². The van der Waals surface area contributed by atoms with Crippen molar-refractivity contribution in [1.82, 2.24) is 5.32 Å². The maximum Gasteiger partial charge on any atom is 0.260 e. The van der Waals surface area contributed by atoms with E-state index in [-0.39, 0.29) is 11.3 Å². The average Bonchev–Trinajstić information content (AvgIpc) is 2.69.